The van der Waals surface area contributed by atoms with Crippen LogP contribution in [0, 0.1) is 12.8 Å². The summed E-state index contributed by atoms with van der Waals surface area (Å²) < 4.78 is 13.1. The number of nitrogens with zero attached hydrogens (tertiary/aromatic N) is 3. The smallest absolute Gasteiger partial charge is 0.341 e. The van der Waals surface area contributed by atoms with E-state index < -0.39 is 0 Å². The largest absolute Gasteiger partial charge is 0.493 e. The van der Waals surface area contributed by atoms with Crippen molar-refractivity contribution < 1.29 is 19.1 Å². The molecule has 2 aromatic carbocycles. The second kappa shape index (κ2) is 7.92. The van der Waals surface area contributed by atoms with Gasteiger partial charge in [-0.3, -0.25) is 4.84 Å². The van der Waals surface area contributed by atoms with Gasteiger partial charge in [0.15, 0.2) is 0 Å². The number of para-hydroxylation sites is 1. The molecule has 2 aliphatic rings. The Morgan fingerprint density at radius 2 is 2.03 bits per heavy atom. The summed E-state index contributed by atoms with van der Waals surface area (Å²) in [6.45, 7) is 9.14. The van der Waals surface area contributed by atoms with Crippen LogP contribution in [0.15, 0.2) is 48.7 Å². The molecule has 0 unspecified atom stereocenters. The number of anilines is 1. The normalized spacial score (nSPS) is 20.3. The summed E-state index contributed by atoms with van der Waals surface area (Å²) in [5.74, 6) is 0.741. The molecule has 5 rings (SSSR count). The number of rotatable bonds is 4. The van der Waals surface area contributed by atoms with Crippen LogP contribution in [0.1, 0.15) is 54.0 Å². The van der Waals surface area contributed by atoms with Crippen LogP contribution in [0.25, 0.3) is 5.69 Å². The number of hydroxylamine groups is 1. The van der Waals surface area contributed by atoms with Crippen LogP contribution in [0.2, 0.25) is 0 Å². The first kappa shape index (κ1) is 21.5. The zero-order valence-electron chi connectivity index (χ0n) is 19.7. The zero-order chi connectivity index (χ0) is 23.3. The van der Waals surface area contributed by atoms with Crippen molar-refractivity contribution in [1.29, 1.82) is 0 Å². The SMILES string of the molecule is CCOC(=O)c1cnn(-c2ccc3c(c2)C(C)(C)[C@H]2COc4ccccc4[C@H]2N3OC)c1C. The monoisotopic (exact) mass is 447 g/mol. The lowest BCUT2D eigenvalue weighted by Crippen LogP contribution is -2.51. The maximum Gasteiger partial charge on any atom is 0.341 e. The fourth-order valence-electron chi connectivity index (χ4n) is 5.24. The summed E-state index contributed by atoms with van der Waals surface area (Å²) >= 11 is 0. The summed E-state index contributed by atoms with van der Waals surface area (Å²) in [6, 6.07) is 14.5. The predicted molar refractivity (Wildman–Crippen MR) is 125 cm³/mol. The van der Waals surface area contributed by atoms with Crippen molar-refractivity contribution in [3.8, 4) is 11.4 Å². The predicted octanol–water partition coefficient (Wildman–Crippen LogP) is 4.77. The topological polar surface area (TPSA) is 65.8 Å². The average molecular weight is 448 g/mol. The summed E-state index contributed by atoms with van der Waals surface area (Å²) in [4.78, 5) is 18.2. The van der Waals surface area contributed by atoms with Gasteiger partial charge < -0.3 is 9.47 Å². The van der Waals surface area contributed by atoms with Crippen molar-refractivity contribution in [2.75, 3.05) is 25.4 Å². The molecular formula is C26H29N3O4. The molecule has 0 N–H and O–H groups in total. The van der Waals surface area contributed by atoms with Crippen LogP contribution in [0.3, 0.4) is 0 Å². The molecule has 0 bridgehead atoms. The molecule has 1 aromatic heterocycles. The average Bonchev–Trinajstić information content (AvgIpc) is 3.20. The highest BCUT2D eigenvalue weighted by atomic mass is 16.7. The highest BCUT2D eigenvalue weighted by molar-refractivity contribution is 5.90. The first-order valence-corrected chi connectivity index (χ1v) is 11.3. The third kappa shape index (κ3) is 3.22. The van der Waals surface area contributed by atoms with Crippen LogP contribution in [-0.2, 0) is 15.0 Å². The van der Waals surface area contributed by atoms with E-state index in [-0.39, 0.29) is 23.3 Å². The minimum atomic E-state index is -0.356. The van der Waals surface area contributed by atoms with Crippen molar-refractivity contribution in [2.24, 2.45) is 5.92 Å². The second-order valence-corrected chi connectivity index (χ2v) is 9.11. The molecule has 7 heteroatoms. The molecule has 0 spiro atoms. The number of esters is 1. The fourth-order valence-corrected chi connectivity index (χ4v) is 5.24. The van der Waals surface area contributed by atoms with Gasteiger partial charge in [-0.05, 0) is 43.7 Å². The Hall–Kier alpha value is -3.32. The van der Waals surface area contributed by atoms with E-state index in [4.69, 9.17) is 14.3 Å². The van der Waals surface area contributed by atoms with Crippen molar-refractivity contribution >= 4 is 11.7 Å². The number of benzene rings is 2. The molecule has 0 fully saturated rings. The number of ether oxygens (including phenoxy) is 2. The first-order chi connectivity index (χ1) is 15.9. The molecule has 0 saturated carbocycles. The number of fused-ring (bicyclic) bond motifs is 4. The standard InChI is InChI=1S/C26H29N3O4/c1-6-32-25(30)19-14-27-28(16(19)2)17-11-12-22-20(13-17)26(3,4)21-15-33-23-10-8-7-9-18(23)24(21)29(22)31-5/h7-14,21,24H,6,15H2,1-5H3/t21-,24+/m0/s1. The molecule has 2 atom stereocenters. The van der Waals surface area contributed by atoms with Crippen LogP contribution in [0.4, 0.5) is 5.69 Å². The Labute approximate surface area is 193 Å². The molecule has 3 aromatic rings. The van der Waals surface area contributed by atoms with E-state index in [0.29, 0.717) is 18.8 Å². The van der Waals surface area contributed by atoms with Crippen LogP contribution >= 0.6 is 0 Å². The number of hydrogen-bond donors (Lipinski definition) is 0. The van der Waals surface area contributed by atoms with Gasteiger partial charge in [-0.1, -0.05) is 32.0 Å². The fraction of sp³-hybridized carbons (Fsp3) is 0.385. The molecule has 0 radical (unpaired) electrons. The lowest BCUT2D eigenvalue weighted by atomic mass is 9.65. The summed E-state index contributed by atoms with van der Waals surface area (Å²) in [5.41, 5.74) is 5.24. The van der Waals surface area contributed by atoms with Crippen LogP contribution < -0.4 is 9.80 Å². The molecular weight excluding hydrogens is 418 g/mol. The van der Waals surface area contributed by atoms with Gasteiger partial charge in [0.25, 0.3) is 0 Å². The van der Waals surface area contributed by atoms with Gasteiger partial charge >= 0.3 is 5.97 Å². The molecule has 33 heavy (non-hydrogen) atoms. The van der Waals surface area contributed by atoms with E-state index in [2.05, 4.69) is 37.1 Å². The third-order valence-corrected chi connectivity index (χ3v) is 7.07. The number of carbonyl (C=O) groups excluding carboxylic acids is 1. The Morgan fingerprint density at radius 3 is 2.79 bits per heavy atom. The van der Waals surface area contributed by atoms with Crippen molar-refractivity contribution in [1.82, 2.24) is 9.78 Å². The summed E-state index contributed by atoms with van der Waals surface area (Å²) in [7, 11) is 1.72. The molecule has 0 aliphatic carbocycles. The Bertz CT molecular complexity index is 1220. The molecule has 2 aliphatic heterocycles. The Morgan fingerprint density at radius 1 is 1.24 bits per heavy atom. The van der Waals surface area contributed by atoms with Gasteiger partial charge in [-0.2, -0.15) is 5.10 Å². The first-order valence-electron chi connectivity index (χ1n) is 11.3. The highest BCUT2D eigenvalue weighted by Gasteiger charge is 2.50. The lowest BCUT2D eigenvalue weighted by molar-refractivity contribution is 0.0441. The van der Waals surface area contributed by atoms with Crippen molar-refractivity contribution in [3.05, 3.63) is 71.0 Å². The Balaban J connectivity index is 1.61. The highest BCUT2D eigenvalue weighted by Crippen LogP contribution is 2.55. The van der Waals surface area contributed by atoms with E-state index >= 15 is 0 Å². The maximum absolute atomic E-state index is 12.3. The molecule has 3 heterocycles. The molecule has 0 amide bonds. The number of hydrogen-bond acceptors (Lipinski definition) is 6. The van der Waals surface area contributed by atoms with Crippen LogP contribution in [-0.4, -0.2) is 36.1 Å². The quantitative estimate of drug-likeness (QED) is 0.537. The summed E-state index contributed by atoms with van der Waals surface area (Å²) in [6.07, 6.45) is 1.57. The van der Waals surface area contributed by atoms with Gasteiger partial charge in [0.05, 0.1) is 49.6 Å². The zero-order valence-corrected chi connectivity index (χ0v) is 19.7. The molecule has 172 valence electrons. The summed E-state index contributed by atoms with van der Waals surface area (Å²) in [5, 5.41) is 6.49. The van der Waals surface area contributed by atoms with Gasteiger partial charge in [0, 0.05) is 16.9 Å². The number of aromatic nitrogens is 2. The Kier molecular flexibility index (Phi) is 5.16. The van der Waals surface area contributed by atoms with Gasteiger partial charge in [0.2, 0.25) is 0 Å². The second-order valence-electron chi connectivity index (χ2n) is 9.11. The lowest BCUT2D eigenvalue weighted by Gasteiger charge is -2.52. The minimum absolute atomic E-state index is 0.0511. The van der Waals surface area contributed by atoms with Crippen LogP contribution in [0.5, 0.6) is 5.75 Å². The third-order valence-electron chi connectivity index (χ3n) is 7.07. The van der Waals surface area contributed by atoms with E-state index in [1.165, 1.54) is 0 Å². The van der Waals surface area contributed by atoms with Gasteiger partial charge in [0.1, 0.15) is 11.3 Å². The van der Waals surface area contributed by atoms with Crippen molar-refractivity contribution in [2.45, 2.75) is 39.2 Å². The van der Waals surface area contributed by atoms with E-state index in [0.717, 1.165) is 33.9 Å². The van der Waals surface area contributed by atoms with E-state index in [1.807, 2.05) is 36.3 Å². The van der Waals surface area contributed by atoms with Gasteiger partial charge in [-0.25, -0.2) is 14.5 Å². The molecule has 0 saturated heterocycles. The maximum atomic E-state index is 12.3. The minimum Gasteiger partial charge on any atom is -0.493 e. The van der Waals surface area contributed by atoms with E-state index in [9.17, 15) is 4.79 Å². The molecule has 7 nitrogen and oxygen atoms in total. The van der Waals surface area contributed by atoms with E-state index in [1.54, 1.807) is 24.9 Å². The van der Waals surface area contributed by atoms with Gasteiger partial charge in [-0.15, -0.1) is 0 Å². The van der Waals surface area contributed by atoms with Crippen molar-refractivity contribution in [3.63, 3.8) is 0 Å². The number of carbonyl (C=O) groups is 1.